The Hall–Kier alpha value is -2.20. The lowest BCUT2D eigenvalue weighted by Gasteiger charge is -2.22. The summed E-state index contributed by atoms with van der Waals surface area (Å²) in [6.07, 6.45) is 0. The van der Waals surface area contributed by atoms with Crippen LogP contribution in [0.2, 0.25) is 0 Å². The Morgan fingerprint density at radius 2 is 1.50 bits per heavy atom. The van der Waals surface area contributed by atoms with Crippen LogP contribution in [0.4, 0.5) is 5.69 Å². The van der Waals surface area contributed by atoms with Gasteiger partial charge in [0.1, 0.15) is 11.5 Å². The van der Waals surface area contributed by atoms with Gasteiger partial charge >= 0.3 is 0 Å². The molecule has 20 heavy (non-hydrogen) atoms. The second-order valence-electron chi connectivity index (χ2n) is 4.27. The third-order valence-corrected chi connectivity index (χ3v) is 3.02. The van der Waals surface area contributed by atoms with E-state index >= 15 is 0 Å². The van der Waals surface area contributed by atoms with E-state index in [1.165, 1.54) is 0 Å². The minimum atomic E-state index is 0.626. The fraction of sp³-hybridized carbons (Fsp3) is 0.250. The first kappa shape index (κ1) is 14.2. The normalized spacial score (nSPS) is 10.2. The number of methoxy groups -OCH3 is 2. The minimum absolute atomic E-state index is 0.626. The Kier molecular flexibility index (Phi) is 4.85. The molecule has 4 heteroatoms. The first-order valence-electron chi connectivity index (χ1n) is 6.35. The van der Waals surface area contributed by atoms with Crippen LogP contribution in [0.3, 0.4) is 0 Å². The molecule has 0 spiro atoms. The molecule has 0 aliphatic heterocycles. The van der Waals surface area contributed by atoms with Crippen molar-refractivity contribution in [2.75, 3.05) is 26.4 Å². The van der Waals surface area contributed by atoms with E-state index in [0.717, 1.165) is 22.7 Å². The molecule has 0 fully saturated rings. The molecule has 0 saturated carbocycles. The summed E-state index contributed by atoms with van der Waals surface area (Å²) in [5, 5.41) is 1.80. The lowest BCUT2D eigenvalue weighted by molar-refractivity contribution is 0.162. The predicted octanol–water partition coefficient (Wildman–Crippen LogP) is 3.27. The molecule has 2 rings (SSSR count). The van der Waals surface area contributed by atoms with Gasteiger partial charge in [0.05, 0.1) is 33.6 Å². The van der Waals surface area contributed by atoms with Crippen molar-refractivity contribution >= 4 is 5.69 Å². The molecule has 0 radical (unpaired) electrons. The number of anilines is 1. The number of benzene rings is 2. The van der Waals surface area contributed by atoms with E-state index in [1.807, 2.05) is 48.5 Å². The van der Waals surface area contributed by atoms with Crippen LogP contribution in [-0.4, -0.2) is 21.3 Å². The number of hydrogen-bond acceptors (Lipinski definition) is 4. The van der Waals surface area contributed by atoms with Crippen molar-refractivity contribution in [3.8, 4) is 11.5 Å². The smallest absolute Gasteiger partial charge is 0.121 e. The van der Waals surface area contributed by atoms with Gasteiger partial charge in [-0.05, 0) is 29.8 Å². The Labute approximate surface area is 119 Å². The molecular formula is C16H19NO3. The third-order valence-electron chi connectivity index (χ3n) is 3.02. The summed E-state index contributed by atoms with van der Waals surface area (Å²) >= 11 is 0. The molecule has 2 aromatic rings. The zero-order chi connectivity index (χ0) is 14.4. The van der Waals surface area contributed by atoms with Gasteiger partial charge in [-0.15, -0.1) is 0 Å². The molecule has 0 aliphatic rings. The Morgan fingerprint density at radius 3 is 2.15 bits per heavy atom. The SMILES string of the molecule is COc1cccc(CN(OC)c2cccc(OC)c2)c1. The van der Waals surface area contributed by atoms with Gasteiger partial charge < -0.3 is 9.47 Å². The van der Waals surface area contributed by atoms with Crippen molar-refractivity contribution < 1.29 is 14.3 Å². The van der Waals surface area contributed by atoms with Gasteiger partial charge in [-0.25, -0.2) is 5.06 Å². The molecule has 0 heterocycles. The summed E-state index contributed by atoms with van der Waals surface area (Å²) < 4.78 is 10.5. The molecule has 106 valence electrons. The summed E-state index contributed by atoms with van der Waals surface area (Å²) in [4.78, 5) is 5.45. The maximum atomic E-state index is 5.45. The Bertz CT molecular complexity index is 557. The van der Waals surface area contributed by atoms with Gasteiger partial charge in [0.2, 0.25) is 0 Å². The van der Waals surface area contributed by atoms with Crippen LogP contribution in [0, 0.1) is 0 Å². The largest absolute Gasteiger partial charge is 0.497 e. The lowest BCUT2D eigenvalue weighted by atomic mass is 10.2. The van der Waals surface area contributed by atoms with Crippen molar-refractivity contribution in [3.05, 3.63) is 54.1 Å². The summed E-state index contributed by atoms with van der Waals surface area (Å²) in [6, 6.07) is 15.7. The van der Waals surface area contributed by atoms with Crippen LogP contribution in [0.1, 0.15) is 5.56 Å². The van der Waals surface area contributed by atoms with E-state index in [9.17, 15) is 0 Å². The van der Waals surface area contributed by atoms with Gasteiger partial charge in [-0.3, -0.25) is 4.84 Å². The van der Waals surface area contributed by atoms with Crippen molar-refractivity contribution in [2.45, 2.75) is 6.54 Å². The molecule has 0 N–H and O–H groups in total. The first-order chi connectivity index (χ1) is 9.76. The van der Waals surface area contributed by atoms with Crippen LogP contribution < -0.4 is 14.5 Å². The zero-order valence-corrected chi connectivity index (χ0v) is 12.0. The van der Waals surface area contributed by atoms with Gasteiger partial charge in [-0.2, -0.15) is 0 Å². The highest BCUT2D eigenvalue weighted by atomic mass is 16.7. The molecule has 0 aromatic heterocycles. The predicted molar refractivity (Wildman–Crippen MR) is 79.2 cm³/mol. The van der Waals surface area contributed by atoms with E-state index in [2.05, 4.69) is 0 Å². The number of hydrogen-bond donors (Lipinski definition) is 0. The molecule has 0 aliphatic carbocycles. The quantitative estimate of drug-likeness (QED) is 0.756. The highest BCUT2D eigenvalue weighted by molar-refractivity contribution is 5.49. The second-order valence-corrected chi connectivity index (χ2v) is 4.27. The summed E-state index contributed by atoms with van der Waals surface area (Å²) in [5.41, 5.74) is 2.05. The van der Waals surface area contributed by atoms with Gasteiger partial charge in [0, 0.05) is 6.07 Å². The van der Waals surface area contributed by atoms with Gasteiger partial charge in [-0.1, -0.05) is 18.2 Å². The van der Waals surface area contributed by atoms with Crippen LogP contribution >= 0.6 is 0 Å². The van der Waals surface area contributed by atoms with Crippen molar-refractivity contribution in [3.63, 3.8) is 0 Å². The number of ether oxygens (including phenoxy) is 2. The monoisotopic (exact) mass is 273 g/mol. The van der Waals surface area contributed by atoms with E-state index in [1.54, 1.807) is 26.4 Å². The van der Waals surface area contributed by atoms with Crippen LogP contribution in [-0.2, 0) is 11.4 Å². The number of nitrogens with zero attached hydrogens (tertiary/aromatic N) is 1. The third kappa shape index (κ3) is 3.42. The van der Waals surface area contributed by atoms with Gasteiger partial charge in [0.15, 0.2) is 0 Å². The minimum Gasteiger partial charge on any atom is -0.497 e. The average Bonchev–Trinajstić information content (AvgIpc) is 2.52. The number of rotatable bonds is 6. The highest BCUT2D eigenvalue weighted by Gasteiger charge is 2.08. The van der Waals surface area contributed by atoms with Crippen molar-refractivity contribution in [2.24, 2.45) is 0 Å². The Balaban J connectivity index is 2.19. The molecule has 0 unspecified atom stereocenters. The van der Waals surface area contributed by atoms with E-state index in [-0.39, 0.29) is 0 Å². The molecule has 0 atom stereocenters. The highest BCUT2D eigenvalue weighted by Crippen LogP contribution is 2.23. The maximum absolute atomic E-state index is 5.45. The van der Waals surface area contributed by atoms with Crippen molar-refractivity contribution in [1.82, 2.24) is 0 Å². The fourth-order valence-electron chi connectivity index (χ4n) is 1.96. The standard InChI is InChI=1S/C16H19NO3/c1-18-15-8-4-6-13(10-15)12-17(20-3)14-7-5-9-16(11-14)19-2/h4-11H,12H2,1-3H3. The molecule has 0 bridgehead atoms. The molecule has 2 aromatic carbocycles. The molecular weight excluding hydrogens is 254 g/mol. The van der Waals surface area contributed by atoms with Crippen LogP contribution in [0.25, 0.3) is 0 Å². The van der Waals surface area contributed by atoms with Crippen LogP contribution in [0.5, 0.6) is 11.5 Å². The van der Waals surface area contributed by atoms with E-state index in [0.29, 0.717) is 6.54 Å². The fourth-order valence-corrected chi connectivity index (χ4v) is 1.96. The first-order valence-corrected chi connectivity index (χ1v) is 6.35. The summed E-state index contributed by atoms with van der Waals surface area (Å²) in [6.45, 7) is 0.626. The van der Waals surface area contributed by atoms with E-state index < -0.39 is 0 Å². The van der Waals surface area contributed by atoms with Crippen molar-refractivity contribution in [1.29, 1.82) is 0 Å². The van der Waals surface area contributed by atoms with E-state index in [4.69, 9.17) is 14.3 Å². The molecule has 0 saturated heterocycles. The average molecular weight is 273 g/mol. The summed E-state index contributed by atoms with van der Waals surface area (Å²) in [7, 11) is 4.97. The topological polar surface area (TPSA) is 30.9 Å². The number of hydroxylamine groups is 1. The van der Waals surface area contributed by atoms with Crippen LogP contribution in [0.15, 0.2) is 48.5 Å². The lowest BCUT2D eigenvalue weighted by Crippen LogP contribution is -2.20. The molecule has 4 nitrogen and oxygen atoms in total. The summed E-state index contributed by atoms with van der Waals surface area (Å²) in [5.74, 6) is 1.64. The molecule has 0 amide bonds. The Morgan fingerprint density at radius 1 is 0.850 bits per heavy atom. The second kappa shape index (κ2) is 6.82. The zero-order valence-electron chi connectivity index (χ0n) is 12.0. The maximum Gasteiger partial charge on any atom is 0.121 e. The van der Waals surface area contributed by atoms with Gasteiger partial charge in [0.25, 0.3) is 0 Å².